The van der Waals surface area contributed by atoms with Crippen LogP contribution in [0.2, 0.25) is 0 Å². The summed E-state index contributed by atoms with van der Waals surface area (Å²) in [5.41, 5.74) is 1.33. The van der Waals surface area contributed by atoms with Crippen molar-refractivity contribution in [3.05, 3.63) is 86.5 Å². The third kappa shape index (κ3) is 2.85. The number of para-hydroxylation sites is 1. The van der Waals surface area contributed by atoms with Gasteiger partial charge in [0.2, 0.25) is 5.76 Å². The third-order valence-corrected chi connectivity index (χ3v) is 6.28. The quantitative estimate of drug-likeness (QED) is 0.456. The van der Waals surface area contributed by atoms with E-state index in [4.69, 9.17) is 9.15 Å². The van der Waals surface area contributed by atoms with Crippen LogP contribution in [0.1, 0.15) is 43.1 Å². The minimum absolute atomic E-state index is 0.0370. The number of methoxy groups -OCH3 is 1. The number of hydrogen-bond donors (Lipinski definition) is 0. The monoisotopic (exact) mass is 433 g/mol. The van der Waals surface area contributed by atoms with Gasteiger partial charge in [-0.1, -0.05) is 29.5 Å². The van der Waals surface area contributed by atoms with Gasteiger partial charge in [0.25, 0.3) is 5.91 Å². The molecule has 4 heterocycles. The van der Waals surface area contributed by atoms with Crippen LogP contribution in [0.25, 0.3) is 11.0 Å². The highest BCUT2D eigenvalue weighted by molar-refractivity contribution is 7.17. The van der Waals surface area contributed by atoms with Crippen molar-refractivity contribution >= 4 is 39.3 Å². The fourth-order valence-electron chi connectivity index (χ4n) is 3.74. The number of pyridine rings is 1. The predicted octanol–water partition coefficient (Wildman–Crippen LogP) is 3.49. The second-order valence-electron chi connectivity index (χ2n) is 6.94. The van der Waals surface area contributed by atoms with Crippen molar-refractivity contribution in [2.75, 3.05) is 12.0 Å². The van der Waals surface area contributed by atoms with Gasteiger partial charge in [-0.2, -0.15) is 0 Å². The summed E-state index contributed by atoms with van der Waals surface area (Å²) >= 11 is 1.03. The van der Waals surface area contributed by atoms with E-state index in [1.807, 2.05) is 0 Å². The zero-order valence-corrected chi connectivity index (χ0v) is 17.3. The Hall–Kier alpha value is -3.85. The molecule has 31 heavy (non-hydrogen) atoms. The molecule has 1 aliphatic rings. The largest absolute Gasteiger partial charge is 0.465 e. The molecule has 0 aliphatic carbocycles. The van der Waals surface area contributed by atoms with Crippen molar-refractivity contribution in [1.29, 1.82) is 0 Å². The lowest BCUT2D eigenvalue weighted by Gasteiger charge is -2.22. The van der Waals surface area contributed by atoms with Crippen molar-refractivity contribution in [2.45, 2.75) is 13.0 Å². The number of fused-ring (bicyclic) bond motifs is 2. The van der Waals surface area contributed by atoms with Gasteiger partial charge in [-0.25, -0.2) is 9.78 Å². The lowest BCUT2D eigenvalue weighted by atomic mass is 10.0. The SMILES string of the molecule is COC(=O)c1sc(N2C(=O)c3oc4ccccc4c(=O)c3[C@@H]2c2cccnc2)nc1C. The molecule has 154 valence electrons. The number of aromatic nitrogens is 2. The fraction of sp³-hybridized carbons (Fsp3) is 0.136. The van der Waals surface area contributed by atoms with E-state index in [1.165, 1.54) is 12.0 Å². The standard InChI is InChI=1S/C22H15N3O5S/c1-11-19(21(28)29-2)31-22(24-11)25-16(12-6-5-9-23-10-12)15-17(26)13-7-3-4-8-14(13)30-18(15)20(25)27/h3-10,16H,1-2H3/t16-/m0/s1. The Balaban J connectivity index is 1.78. The molecule has 1 aromatic carbocycles. The Morgan fingerprint density at radius 2 is 2.00 bits per heavy atom. The first-order chi connectivity index (χ1) is 15.0. The van der Waals surface area contributed by atoms with E-state index in [-0.39, 0.29) is 26.8 Å². The van der Waals surface area contributed by atoms with Crippen LogP contribution in [0.4, 0.5) is 5.13 Å². The number of amides is 1. The van der Waals surface area contributed by atoms with Crippen LogP contribution in [0.15, 0.2) is 58.0 Å². The molecule has 0 saturated carbocycles. The van der Waals surface area contributed by atoms with Gasteiger partial charge < -0.3 is 9.15 Å². The van der Waals surface area contributed by atoms with Crippen LogP contribution >= 0.6 is 11.3 Å². The minimum Gasteiger partial charge on any atom is -0.465 e. The molecule has 0 bridgehead atoms. The summed E-state index contributed by atoms with van der Waals surface area (Å²) in [6.07, 6.45) is 3.20. The van der Waals surface area contributed by atoms with Crippen molar-refractivity contribution in [1.82, 2.24) is 9.97 Å². The van der Waals surface area contributed by atoms with Crippen LogP contribution < -0.4 is 10.3 Å². The molecule has 0 saturated heterocycles. The normalized spacial score (nSPS) is 15.4. The maximum Gasteiger partial charge on any atom is 0.350 e. The molecule has 5 rings (SSSR count). The van der Waals surface area contributed by atoms with Gasteiger partial charge >= 0.3 is 5.97 Å². The number of benzene rings is 1. The average molecular weight is 433 g/mol. The van der Waals surface area contributed by atoms with Crippen LogP contribution in [-0.4, -0.2) is 29.0 Å². The van der Waals surface area contributed by atoms with E-state index in [0.717, 1.165) is 11.3 Å². The molecule has 9 heteroatoms. The number of esters is 1. The predicted molar refractivity (Wildman–Crippen MR) is 114 cm³/mol. The van der Waals surface area contributed by atoms with Crippen molar-refractivity contribution in [2.24, 2.45) is 0 Å². The highest BCUT2D eigenvalue weighted by atomic mass is 32.1. The molecular formula is C22H15N3O5S. The van der Waals surface area contributed by atoms with Crippen LogP contribution in [0.3, 0.4) is 0 Å². The number of carbonyl (C=O) groups excluding carboxylic acids is 2. The molecule has 4 aromatic rings. The van der Waals surface area contributed by atoms with Gasteiger partial charge in [-0.15, -0.1) is 0 Å². The molecule has 1 atom stereocenters. The van der Waals surface area contributed by atoms with E-state index in [9.17, 15) is 14.4 Å². The molecular weight excluding hydrogens is 418 g/mol. The average Bonchev–Trinajstić information content (AvgIpc) is 3.31. The Labute approximate surface area is 179 Å². The van der Waals surface area contributed by atoms with Crippen LogP contribution in [0.5, 0.6) is 0 Å². The molecule has 8 nitrogen and oxygen atoms in total. The number of anilines is 1. The second-order valence-corrected chi connectivity index (χ2v) is 7.91. The van der Waals surface area contributed by atoms with Gasteiger partial charge in [-0.05, 0) is 30.7 Å². The molecule has 0 fully saturated rings. The van der Waals surface area contributed by atoms with E-state index in [0.29, 0.717) is 22.2 Å². The van der Waals surface area contributed by atoms with E-state index >= 15 is 0 Å². The van der Waals surface area contributed by atoms with Crippen LogP contribution in [0, 0.1) is 6.92 Å². The number of hydrogen-bond acceptors (Lipinski definition) is 8. The van der Waals surface area contributed by atoms with Crippen molar-refractivity contribution in [3.8, 4) is 0 Å². The Morgan fingerprint density at radius 1 is 1.19 bits per heavy atom. The maximum absolute atomic E-state index is 13.5. The Morgan fingerprint density at radius 3 is 2.74 bits per heavy atom. The zero-order valence-electron chi connectivity index (χ0n) is 16.5. The third-order valence-electron chi connectivity index (χ3n) is 5.14. The molecule has 1 amide bonds. The lowest BCUT2D eigenvalue weighted by Crippen LogP contribution is -2.29. The van der Waals surface area contributed by atoms with E-state index < -0.39 is 17.9 Å². The van der Waals surface area contributed by atoms with E-state index in [2.05, 4.69) is 9.97 Å². The van der Waals surface area contributed by atoms with Gasteiger partial charge in [0.1, 0.15) is 10.5 Å². The molecule has 0 radical (unpaired) electrons. The fourth-order valence-corrected chi connectivity index (χ4v) is 4.75. The highest BCUT2D eigenvalue weighted by Crippen LogP contribution is 2.42. The summed E-state index contributed by atoms with van der Waals surface area (Å²) in [6.45, 7) is 1.66. The van der Waals surface area contributed by atoms with Crippen molar-refractivity contribution in [3.63, 3.8) is 0 Å². The van der Waals surface area contributed by atoms with Crippen LogP contribution in [-0.2, 0) is 4.74 Å². The first-order valence-corrected chi connectivity index (χ1v) is 10.2. The Bertz CT molecular complexity index is 1410. The van der Waals surface area contributed by atoms with Gasteiger partial charge in [0.05, 0.1) is 29.8 Å². The number of ether oxygens (including phenoxy) is 1. The summed E-state index contributed by atoms with van der Waals surface area (Å²) in [6, 6.07) is 9.52. The number of thiazole rings is 1. The van der Waals surface area contributed by atoms with E-state index in [1.54, 1.807) is 55.7 Å². The Kier molecular flexibility index (Phi) is 4.40. The summed E-state index contributed by atoms with van der Waals surface area (Å²) in [5, 5.41) is 0.655. The number of carbonyl (C=O) groups is 2. The number of aryl methyl sites for hydroxylation is 1. The maximum atomic E-state index is 13.5. The van der Waals surface area contributed by atoms with Gasteiger partial charge in [-0.3, -0.25) is 19.5 Å². The minimum atomic E-state index is -0.784. The highest BCUT2D eigenvalue weighted by Gasteiger charge is 2.45. The molecule has 0 spiro atoms. The number of rotatable bonds is 3. The molecule has 3 aromatic heterocycles. The zero-order chi connectivity index (χ0) is 21.7. The topological polar surface area (TPSA) is 103 Å². The molecule has 1 aliphatic heterocycles. The molecule has 0 N–H and O–H groups in total. The summed E-state index contributed by atoms with van der Waals surface area (Å²) in [7, 11) is 1.28. The smallest absolute Gasteiger partial charge is 0.350 e. The van der Waals surface area contributed by atoms with Gasteiger partial charge in [0.15, 0.2) is 10.6 Å². The van der Waals surface area contributed by atoms with Crippen molar-refractivity contribution < 1.29 is 18.7 Å². The summed E-state index contributed by atoms with van der Waals surface area (Å²) in [4.78, 5) is 49.2. The molecule has 0 unspecified atom stereocenters. The summed E-state index contributed by atoms with van der Waals surface area (Å²) in [5.74, 6) is -1.08. The first kappa shape index (κ1) is 19.1. The van der Waals surface area contributed by atoms with Gasteiger partial charge in [0, 0.05) is 12.4 Å². The second kappa shape index (κ2) is 7.13. The number of nitrogens with zero attached hydrogens (tertiary/aromatic N) is 3. The first-order valence-electron chi connectivity index (χ1n) is 9.36. The lowest BCUT2D eigenvalue weighted by molar-refractivity contribution is 0.0605. The summed E-state index contributed by atoms with van der Waals surface area (Å²) < 4.78 is 10.7.